The van der Waals surface area contributed by atoms with Gasteiger partial charge in [-0.05, 0) is 12.1 Å². The minimum Gasteiger partial charge on any atom is -0.493 e. The van der Waals surface area contributed by atoms with Gasteiger partial charge in [-0.3, -0.25) is 0 Å². The summed E-state index contributed by atoms with van der Waals surface area (Å²) in [7, 11) is 3.11. The molecule has 108 valence electrons. The predicted molar refractivity (Wildman–Crippen MR) is 76.7 cm³/mol. The Morgan fingerprint density at radius 3 is 2.86 bits per heavy atom. The van der Waals surface area contributed by atoms with Crippen molar-refractivity contribution < 1.29 is 13.9 Å². The van der Waals surface area contributed by atoms with Crippen LogP contribution < -0.4 is 14.9 Å². The molecular formula is C14H14N4O3. The number of benzene rings is 1. The smallest absolute Gasteiger partial charge is 0.252 e. The first-order chi connectivity index (χ1) is 10.2. The summed E-state index contributed by atoms with van der Waals surface area (Å²) in [5.41, 5.74) is 3.52. The third kappa shape index (κ3) is 3.12. The average molecular weight is 286 g/mol. The van der Waals surface area contributed by atoms with Gasteiger partial charge < -0.3 is 13.9 Å². The van der Waals surface area contributed by atoms with E-state index in [1.54, 1.807) is 33.4 Å². The molecule has 7 heteroatoms. The van der Waals surface area contributed by atoms with E-state index in [9.17, 15) is 0 Å². The summed E-state index contributed by atoms with van der Waals surface area (Å²) in [5, 5.41) is 12.9. The summed E-state index contributed by atoms with van der Waals surface area (Å²) >= 11 is 0. The minimum atomic E-state index is 0.155. The number of nitriles is 1. The maximum absolute atomic E-state index is 8.90. The number of para-hydroxylation sites is 1. The first kappa shape index (κ1) is 14.4. The van der Waals surface area contributed by atoms with E-state index in [0.717, 1.165) is 5.56 Å². The molecule has 0 radical (unpaired) electrons. The fourth-order valence-electron chi connectivity index (χ4n) is 1.75. The topological polar surface area (TPSA) is 92.7 Å². The van der Waals surface area contributed by atoms with Gasteiger partial charge in [0.15, 0.2) is 17.4 Å². The molecule has 1 heterocycles. The highest BCUT2D eigenvalue weighted by atomic mass is 16.5. The lowest BCUT2D eigenvalue weighted by Crippen LogP contribution is -1.97. The Labute approximate surface area is 121 Å². The van der Waals surface area contributed by atoms with Crippen LogP contribution >= 0.6 is 0 Å². The van der Waals surface area contributed by atoms with Crippen molar-refractivity contribution in [3.8, 4) is 17.6 Å². The van der Waals surface area contributed by atoms with E-state index >= 15 is 0 Å². The zero-order valence-corrected chi connectivity index (χ0v) is 11.9. The molecule has 0 bridgehead atoms. The monoisotopic (exact) mass is 286 g/mol. The van der Waals surface area contributed by atoms with Gasteiger partial charge in [-0.15, -0.1) is 0 Å². The average Bonchev–Trinajstić information content (AvgIpc) is 2.86. The number of aryl methyl sites for hydroxylation is 1. The van der Waals surface area contributed by atoms with Crippen molar-refractivity contribution in [3.63, 3.8) is 0 Å². The van der Waals surface area contributed by atoms with Crippen LogP contribution in [0.25, 0.3) is 0 Å². The number of hydrogen-bond acceptors (Lipinski definition) is 7. The Morgan fingerprint density at radius 1 is 1.38 bits per heavy atom. The summed E-state index contributed by atoms with van der Waals surface area (Å²) in [6.07, 6.45) is 1.54. The lowest BCUT2D eigenvalue weighted by Gasteiger charge is -2.09. The van der Waals surface area contributed by atoms with Crippen LogP contribution in [0.4, 0.5) is 5.88 Å². The predicted octanol–water partition coefficient (Wildman–Crippen LogP) is 2.32. The van der Waals surface area contributed by atoms with Crippen LogP contribution in [0.5, 0.6) is 11.5 Å². The first-order valence-electron chi connectivity index (χ1n) is 6.07. The van der Waals surface area contributed by atoms with Gasteiger partial charge in [0, 0.05) is 12.5 Å². The number of methoxy groups -OCH3 is 2. The molecule has 0 atom stereocenters. The van der Waals surface area contributed by atoms with Crippen LogP contribution in [0.1, 0.15) is 17.1 Å². The Hall–Kier alpha value is -3.01. The maximum atomic E-state index is 8.90. The number of ether oxygens (including phenoxy) is 2. The number of anilines is 1. The van der Waals surface area contributed by atoms with E-state index < -0.39 is 0 Å². The van der Waals surface area contributed by atoms with Gasteiger partial charge in [-0.1, -0.05) is 6.07 Å². The van der Waals surface area contributed by atoms with Gasteiger partial charge in [-0.2, -0.15) is 10.4 Å². The van der Waals surface area contributed by atoms with Crippen molar-refractivity contribution in [1.82, 2.24) is 4.98 Å². The standard InChI is InChI=1S/C14H14N4O3/c1-9-17-11(7-15)14(21-9)18-16-8-10-5-4-6-12(19-2)13(10)20-3/h4-6,8,18H,1-3H3/b16-8+. The fourth-order valence-corrected chi connectivity index (χ4v) is 1.75. The third-order valence-corrected chi connectivity index (χ3v) is 2.64. The SMILES string of the molecule is COc1cccc(/C=N/Nc2oc(C)nc2C#N)c1OC. The number of nitrogens with zero attached hydrogens (tertiary/aromatic N) is 3. The Balaban J connectivity index is 2.20. The number of aromatic nitrogens is 1. The van der Waals surface area contributed by atoms with Gasteiger partial charge in [0.2, 0.25) is 5.69 Å². The Bertz CT molecular complexity index is 701. The molecule has 0 aliphatic rings. The van der Waals surface area contributed by atoms with Crippen LogP contribution in [0, 0.1) is 18.3 Å². The number of oxazole rings is 1. The molecule has 1 aromatic heterocycles. The molecule has 1 aromatic carbocycles. The number of hydrazone groups is 1. The van der Waals surface area contributed by atoms with E-state index in [1.165, 1.54) is 0 Å². The Morgan fingerprint density at radius 2 is 2.19 bits per heavy atom. The van der Waals surface area contributed by atoms with Gasteiger partial charge in [0.1, 0.15) is 6.07 Å². The molecule has 0 amide bonds. The molecule has 0 saturated carbocycles. The normalized spacial score (nSPS) is 10.4. The van der Waals surface area contributed by atoms with Gasteiger partial charge >= 0.3 is 0 Å². The highest BCUT2D eigenvalue weighted by Crippen LogP contribution is 2.29. The van der Waals surface area contributed by atoms with E-state index in [-0.39, 0.29) is 11.6 Å². The molecule has 21 heavy (non-hydrogen) atoms. The largest absolute Gasteiger partial charge is 0.493 e. The second-order valence-corrected chi connectivity index (χ2v) is 3.98. The van der Waals surface area contributed by atoms with Crippen LogP contribution in [-0.2, 0) is 0 Å². The van der Waals surface area contributed by atoms with Crippen molar-refractivity contribution in [1.29, 1.82) is 5.26 Å². The van der Waals surface area contributed by atoms with Crippen molar-refractivity contribution in [3.05, 3.63) is 35.3 Å². The zero-order chi connectivity index (χ0) is 15.2. The summed E-state index contributed by atoms with van der Waals surface area (Å²) in [4.78, 5) is 3.91. The molecule has 2 rings (SSSR count). The van der Waals surface area contributed by atoms with Gasteiger partial charge in [0.05, 0.1) is 20.4 Å². The summed E-state index contributed by atoms with van der Waals surface area (Å²) in [5.74, 6) is 1.77. The molecule has 0 fully saturated rings. The van der Waals surface area contributed by atoms with Gasteiger partial charge in [-0.25, -0.2) is 10.4 Å². The molecule has 0 aliphatic heterocycles. The molecule has 0 saturated heterocycles. The van der Waals surface area contributed by atoms with Gasteiger partial charge in [0.25, 0.3) is 5.88 Å². The number of nitrogens with one attached hydrogen (secondary N) is 1. The van der Waals surface area contributed by atoms with Crippen molar-refractivity contribution in [2.75, 3.05) is 19.6 Å². The van der Waals surface area contributed by atoms with Crippen LogP contribution in [0.3, 0.4) is 0 Å². The minimum absolute atomic E-state index is 0.155. The zero-order valence-electron chi connectivity index (χ0n) is 11.9. The van der Waals surface area contributed by atoms with E-state index in [4.69, 9.17) is 19.2 Å². The molecule has 2 aromatic rings. The van der Waals surface area contributed by atoms with Crippen molar-refractivity contribution in [2.45, 2.75) is 6.92 Å². The molecule has 0 aliphatic carbocycles. The summed E-state index contributed by atoms with van der Waals surface area (Å²) in [6, 6.07) is 7.35. The highest BCUT2D eigenvalue weighted by Gasteiger charge is 2.10. The second-order valence-electron chi connectivity index (χ2n) is 3.98. The summed E-state index contributed by atoms with van der Waals surface area (Å²) < 4.78 is 15.7. The molecular weight excluding hydrogens is 272 g/mol. The maximum Gasteiger partial charge on any atom is 0.252 e. The lowest BCUT2D eigenvalue weighted by atomic mass is 10.2. The summed E-state index contributed by atoms with van der Waals surface area (Å²) in [6.45, 7) is 1.65. The molecule has 1 N–H and O–H groups in total. The highest BCUT2D eigenvalue weighted by molar-refractivity contribution is 5.85. The fraction of sp³-hybridized carbons (Fsp3) is 0.214. The molecule has 0 spiro atoms. The Kier molecular flexibility index (Phi) is 4.41. The first-order valence-corrected chi connectivity index (χ1v) is 6.07. The van der Waals surface area contributed by atoms with Crippen LogP contribution in [0.2, 0.25) is 0 Å². The quantitative estimate of drug-likeness (QED) is 0.669. The second kappa shape index (κ2) is 6.43. The molecule has 0 unspecified atom stereocenters. The molecule has 7 nitrogen and oxygen atoms in total. The van der Waals surface area contributed by atoms with E-state index in [0.29, 0.717) is 17.4 Å². The number of rotatable bonds is 5. The van der Waals surface area contributed by atoms with Crippen molar-refractivity contribution >= 4 is 12.1 Å². The van der Waals surface area contributed by atoms with Crippen molar-refractivity contribution in [2.24, 2.45) is 5.10 Å². The van der Waals surface area contributed by atoms with E-state index in [1.807, 2.05) is 18.2 Å². The van der Waals surface area contributed by atoms with Crippen LogP contribution in [-0.4, -0.2) is 25.4 Å². The lowest BCUT2D eigenvalue weighted by molar-refractivity contribution is 0.354. The van der Waals surface area contributed by atoms with Crippen LogP contribution in [0.15, 0.2) is 27.7 Å². The van der Waals surface area contributed by atoms with E-state index in [2.05, 4.69) is 15.5 Å². The third-order valence-electron chi connectivity index (χ3n) is 2.64. The number of hydrogen-bond donors (Lipinski definition) is 1.